The fourth-order valence-electron chi connectivity index (χ4n) is 5.09. The Balaban J connectivity index is 1.28. The highest BCUT2D eigenvalue weighted by Gasteiger charge is 2.33. The van der Waals surface area contributed by atoms with Gasteiger partial charge in [0, 0.05) is 46.4 Å². The van der Waals surface area contributed by atoms with Gasteiger partial charge in [0.05, 0.1) is 28.6 Å². The third kappa shape index (κ3) is 6.60. The standard InChI is InChI=1S/C28H32N4O8S3/c1-16-21(19-9-11-31(14-22(19)41-16)43(37,38)18-7-5-17(6-8-18)32(35)36)13-29-27(34)30-25-24(26(33)40-28(2,3)4)20-10-12-39-15-23(20)42-25/h5-8H,9-15H2,1-4H3,(H2,29,30,34). The lowest BCUT2D eigenvalue weighted by Crippen LogP contribution is -2.36. The number of fused-ring (bicyclic) bond motifs is 2. The van der Waals surface area contributed by atoms with Gasteiger partial charge in [0.15, 0.2) is 0 Å². The van der Waals surface area contributed by atoms with E-state index in [9.17, 15) is 28.1 Å². The Kier molecular flexibility index (Phi) is 8.64. The predicted molar refractivity (Wildman–Crippen MR) is 162 cm³/mol. The second kappa shape index (κ2) is 12.0. The first kappa shape index (κ1) is 31.1. The number of nitro groups is 1. The summed E-state index contributed by atoms with van der Waals surface area (Å²) in [7, 11) is -3.84. The summed E-state index contributed by atoms with van der Waals surface area (Å²) in [6.07, 6.45) is 1.02. The van der Waals surface area contributed by atoms with Gasteiger partial charge in [-0.3, -0.25) is 15.4 Å². The van der Waals surface area contributed by atoms with E-state index in [1.54, 1.807) is 20.8 Å². The minimum atomic E-state index is -3.84. The van der Waals surface area contributed by atoms with Gasteiger partial charge in [-0.1, -0.05) is 0 Å². The number of rotatable bonds is 7. The summed E-state index contributed by atoms with van der Waals surface area (Å²) in [4.78, 5) is 39.2. The van der Waals surface area contributed by atoms with Crippen LogP contribution in [0.5, 0.6) is 0 Å². The summed E-state index contributed by atoms with van der Waals surface area (Å²) < 4.78 is 39.0. The summed E-state index contributed by atoms with van der Waals surface area (Å²) in [5, 5.41) is 17.1. The van der Waals surface area contributed by atoms with Gasteiger partial charge in [0.1, 0.15) is 10.6 Å². The number of aryl methyl sites for hydroxylation is 1. The first-order valence-electron chi connectivity index (χ1n) is 13.6. The number of urea groups is 1. The molecule has 43 heavy (non-hydrogen) atoms. The number of hydrogen-bond acceptors (Lipinski definition) is 10. The number of ether oxygens (including phenoxy) is 2. The lowest BCUT2D eigenvalue weighted by Gasteiger charge is -2.26. The predicted octanol–water partition coefficient (Wildman–Crippen LogP) is 5.12. The number of nitrogens with one attached hydrogen (secondary N) is 2. The van der Waals surface area contributed by atoms with Gasteiger partial charge >= 0.3 is 12.0 Å². The van der Waals surface area contributed by atoms with Crippen LogP contribution in [-0.2, 0) is 52.0 Å². The fourth-order valence-corrected chi connectivity index (χ4v) is 9.01. The molecule has 2 aliphatic rings. The Labute approximate surface area is 257 Å². The number of amides is 2. The average molecular weight is 649 g/mol. The van der Waals surface area contributed by atoms with Crippen LogP contribution < -0.4 is 10.6 Å². The molecule has 0 spiro atoms. The molecule has 5 rings (SSSR count). The van der Waals surface area contributed by atoms with Crippen LogP contribution in [0.4, 0.5) is 15.5 Å². The molecule has 3 aromatic rings. The summed E-state index contributed by atoms with van der Waals surface area (Å²) >= 11 is 2.79. The molecule has 0 aliphatic carbocycles. The van der Waals surface area contributed by atoms with Crippen molar-refractivity contribution in [1.82, 2.24) is 9.62 Å². The third-order valence-electron chi connectivity index (χ3n) is 7.09. The van der Waals surface area contributed by atoms with Crippen molar-refractivity contribution in [3.8, 4) is 0 Å². The van der Waals surface area contributed by atoms with Gasteiger partial charge in [-0.15, -0.1) is 22.7 Å². The zero-order chi connectivity index (χ0) is 31.1. The quantitative estimate of drug-likeness (QED) is 0.203. The number of hydrogen-bond donors (Lipinski definition) is 2. The maximum atomic E-state index is 13.2. The molecule has 0 bridgehead atoms. The molecule has 0 saturated carbocycles. The van der Waals surface area contributed by atoms with Crippen LogP contribution in [0.25, 0.3) is 0 Å². The van der Waals surface area contributed by atoms with E-state index in [1.807, 2.05) is 6.92 Å². The minimum absolute atomic E-state index is 0.000888. The van der Waals surface area contributed by atoms with E-state index >= 15 is 0 Å². The van der Waals surface area contributed by atoms with Crippen LogP contribution in [0.1, 0.15) is 62.5 Å². The SMILES string of the molecule is Cc1sc2c(c1CNC(=O)Nc1sc3c(c1C(=O)OC(C)(C)C)CCOC3)CCN(S(=O)(=O)c1ccc([N+](=O)[O-])cc1)C2. The number of anilines is 1. The van der Waals surface area contributed by atoms with Crippen LogP contribution in [0.15, 0.2) is 29.2 Å². The van der Waals surface area contributed by atoms with Gasteiger partial charge in [-0.25, -0.2) is 18.0 Å². The van der Waals surface area contributed by atoms with Gasteiger partial charge in [-0.05, 0) is 69.4 Å². The van der Waals surface area contributed by atoms with Crippen LogP contribution in [-0.4, -0.2) is 48.4 Å². The second-order valence-corrected chi connectivity index (χ2v) is 15.6. The zero-order valence-corrected chi connectivity index (χ0v) is 26.6. The van der Waals surface area contributed by atoms with Gasteiger partial charge < -0.3 is 14.8 Å². The number of nitro benzene ring substituents is 1. The van der Waals surface area contributed by atoms with E-state index in [4.69, 9.17) is 9.47 Å². The van der Waals surface area contributed by atoms with E-state index in [-0.39, 0.29) is 30.2 Å². The molecule has 4 heterocycles. The number of esters is 1. The number of thiophene rings is 2. The highest BCUT2D eigenvalue weighted by molar-refractivity contribution is 7.89. The van der Waals surface area contributed by atoms with Crippen LogP contribution in [0.2, 0.25) is 0 Å². The van der Waals surface area contributed by atoms with E-state index in [0.29, 0.717) is 36.6 Å². The number of carbonyl (C=O) groups excluding carboxylic acids is 2. The Morgan fingerprint density at radius 3 is 2.51 bits per heavy atom. The molecular formula is C28H32N4O8S3. The van der Waals surface area contributed by atoms with E-state index in [1.165, 1.54) is 51.2 Å². The molecule has 12 nitrogen and oxygen atoms in total. The fraction of sp³-hybridized carbons (Fsp3) is 0.429. The van der Waals surface area contributed by atoms with E-state index in [0.717, 1.165) is 31.3 Å². The van der Waals surface area contributed by atoms with Crippen molar-refractivity contribution in [2.45, 2.75) is 70.7 Å². The number of sulfonamides is 1. The first-order valence-corrected chi connectivity index (χ1v) is 16.7. The molecule has 0 radical (unpaired) electrons. The molecule has 0 fully saturated rings. The summed E-state index contributed by atoms with van der Waals surface area (Å²) in [6.45, 7) is 8.81. The lowest BCUT2D eigenvalue weighted by atomic mass is 10.0. The summed E-state index contributed by atoms with van der Waals surface area (Å²) in [6, 6.07) is 4.40. The van der Waals surface area contributed by atoms with Crippen LogP contribution in [0, 0.1) is 17.0 Å². The smallest absolute Gasteiger partial charge is 0.341 e. The third-order valence-corrected chi connectivity index (χ3v) is 11.2. The molecule has 2 aromatic heterocycles. The monoisotopic (exact) mass is 648 g/mol. The normalized spacial score (nSPS) is 15.3. The minimum Gasteiger partial charge on any atom is -0.456 e. The molecule has 0 atom stereocenters. The maximum absolute atomic E-state index is 13.2. The number of benzene rings is 1. The van der Waals surface area contributed by atoms with Gasteiger partial charge in [-0.2, -0.15) is 4.31 Å². The molecule has 0 saturated heterocycles. The van der Waals surface area contributed by atoms with Crippen molar-refractivity contribution in [1.29, 1.82) is 0 Å². The molecule has 1 aromatic carbocycles. The Bertz CT molecular complexity index is 1690. The second-order valence-electron chi connectivity index (χ2n) is 11.2. The summed E-state index contributed by atoms with van der Waals surface area (Å²) in [5.41, 5.74) is 2.29. The first-order chi connectivity index (χ1) is 20.2. The highest BCUT2D eigenvalue weighted by atomic mass is 32.2. The molecule has 2 aliphatic heterocycles. The van der Waals surface area contributed by atoms with Gasteiger partial charge in [0.2, 0.25) is 10.0 Å². The molecule has 2 N–H and O–H groups in total. The molecular weight excluding hydrogens is 617 g/mol. The van der Waals surface area contributed by atoms with Crippen molar-refractivity contribution in [2.24, 2.45) is 0 Å². The molecule has 2 amide bonds. The van der Waals surface area contributed by atoms with E-state index in [2.05, 4.69) is 10.6 Å². The molecule has 230 valence electrons. The molecule has 15 heteroatoms. The van der Waals surface area contributed by atoms with Crippen molar-refractivity contribution in [3.63, 3.8) is 0 Å². The maximum Gasteiger partial charge on any atom is 0.341 e. The number of nitrogens with zero attached hydrogens (tertiary/aromatic N) is 2. The number of non-ortho nitro benzene ring substituents is 1. The zero-order valence-electron chi connectivity index (χ0n) is 24.1. The van der Waals surface area contributed by atoms with Crippen molar-refractivity contribution in [2.75, 3.05) is 18.5 Å². The average Bonchev–Trinajstić information content (AvgIpc) is 3.46. The van der Waals surface area contributed by atoms with Crippen molar-refractivity contribution in [3.05, 3.63) is 71.3 Å². The van der Waals surface area contributed by atoms with Crippen LogP contribution >= 0.6 is 22.7 Å². The summed E-state index contributed by atoms with van der Waals surface area (Å²) in [5.74, 6) is -0.488. The Hall–Kier alpha value is -3.37. The van der Waals surface area contributed by atoms with E-state index < -0.39 is 32.5 Å². The Morgan fingerprint density at radius 1 is 1.12 bits per heavy atom. The number of carbonyl (C=O) groups is 2. The lowest BCUT2D eigenvalue weighted by molar-refractivity contribution is -0.384. The molecule has 0 unspecified atom stereocenters. The topological polar surface area (TPSA) is 157 Å². The van der Waals surface area contributed by atoms with Crippen molar-refractivity contribution < 1.29 is 32.4 Å². The van der Waals surface area contributed by atoms with Gasteiger partial charge in [0.25, 0.3) is 5.69 Å². The highest BCUT2D eigenvalue weighted by Crippen LogP contribution is 2.38. The van der Waals surface area contributed by atoms with Crippen molar-refractivity contribution >= 4 is 55.4 Å². The Morgan fingerprint density at radius 2 is 1.84 bits per heavy atom. The largest absolute Gasteiger partial charge is 0.456 e. The van der Waals surface area contributed by atoms with Crippen LogP contribution in [0.3, 0.4) is 0 Å².